The Labute approximate surface area is 162 Å². The summed E-state index contributed by atoms with van der Waals surface area (Å²) >= 11 is 0. The van der Waals surface area contributed by atoms with E-state index in [1.807, 2.05) is 18.2 Å². The summed E-state index contributed by atoms with van der Waals surface area (Å²) < 4.78 is 0. The van der Waals surface area contributed by atoms with E-state index < -0.39 is 0 Å². The van der Waals surface area contributed by atoms with E-state index in [0.29, 0.717) is 5.56 Å². The van der Waals surface area contributed by atoms with Gasteiger partial charge in [-0.3, -0.25) is 0 Å². The van der Waals surface area contributed by atoms with Crippen molar-refractivity contribution >= 4 is 17.2 Å². The lowest BCUT2D eigenvalue weighted by molar-refractivity contribution is 0.701. The smallest absolute Gasteiger partial charge is 0.132 e. The highest BCUT2D eigenvalue weighted by Gasteiger charge is 2.04. The van der Waals surface area contributed by atoms with Crippen LogP contribution in [0.3, 0.4) is 0 Å². The first kappa shape index (κ1) is 20.3. The van der Waals surface area contributed by atoms with E-state index >= 15 is 0 Å². The second-order valence-corrected chi connectivity index (χ2v) is 6.26. The molecule has 0 saturated carbocycles. The van der Waals surface area contributed by atoms with Gasteiger partial charge in [0.1, 0.15) is 5.82 Å². The van der Waals surface area contributed by atoms with E-state index in [1.165, 1.54) is 0 Å². The topological polar surface area (TPSA) is 86.8 Å². The van der Waals surface area contributed by atoms with Crippen molar-refractivity contribution in [2.45, 2.75) is 39.0 Å². The summed E-state index contributed by atoms with van der Waals surface area (Å²) in [4.78, 5) is 4.48. The standard InChI is InChI=1S/C22H27N5/c1-2-14-25-21-15-22(27-20-11-9-18(16-24)10-12-20)26-17-19(21)8-6-4-3-5-7-13-23/h9-12,15,17H,2-5,7,13-14,23H2,1H3,(H2,25,26,27). The van der Waals surface area contributed by atoms with Crippen LogP contribution in [0.4, 0.5) is 17.2 Å². The normalized spacial score (nSPS) is 9.81. The molecule has 0 fully saturated rings. The van der Waals surface area contributed by atoms with Crippen LogP contribution in [-0.2, 0) is 0 Å². The highest BCUT2D eigenvalue weighted by molar-refractivity contribution is 5.66. The summed E-state index contributed by atoms with van der Waals surface area (Å²) in [7, 11) is 0. The highest BCUT2D eigenvalue weighted by atomic mass is 15.0. The Morgan fingerprint density at radius 1 is 1.15 bits per heavy atom. The third-order valence-electron chi connectivity index (χ3n) is 3.98. The van der Waals surface area contributed by atoms with E-state index in [9.17, 15) is 0 Å². The van der Waals surface area contributed by atoms with E-state index in [0.717, 1.165) is 67.9 Å². The lowest BCUT2D eigenvalue weighted by Crippen LogP contribution is -2.04. The van der Waals surface area contributed by atoms with Crippen molar-refractivity contribution in [3.63, 3.8) is 0 Å². The van der Waals surface area contributed by atoms with Crippen LogP contribution in [0.25, 0.3) is 0 Å². The number of nitrogens with one attached hydrogen (secondary N) is 2. The van der Waals surface area contributed by atoms with Crippen molar-refractivity contribution in [3.8, 4) is 17.9 Å². The van der Waals surface area contributed by atoms with Gasteiger partial charge in [0.25, 0.3) is 0 Å². The molecule has 1 heterocycles. The summed E-state index contributed by atoms with van der Waals surface area (Å²) in [5, 5.41) is 15.6. The van der Waals surface area contributed by atoms with Gasteiger partial charge in [-0.05, 0) is 50.1 Å². The number of unbranched alkanes of at least 4 members (excludes halogenated alkanes) is 3. The maximum atomic E-state index is 8.89. The van der Waals surface area contributed by atoms with Gasteiger partial charge in [0.05, 0.1) is 22.9 Å². The van der Waals surface area contributed by atoms with Gasteiger partial charge in [-0.2, -0.15) is 5.26 Å². The molecule has 0 radical (unpaired) electrons. The van der Waals surface area contributed by atoms with Crippen LogP contribution >= 0.6 is 0 Å². The average molecular weight is 361 g/mol. The van der Waals surface area contributed by atoms with Crippen molar-refractivity contribution in [2.75, 3.05) is 23.7 Å². The lowest BCUT2D eigenvalue weighted by Gasteiger charge is -2.11. The van der Waals surface area contributed by atoms with Crippen LogP contribution in [0.1, 0.15) is 50.2 Å². The first-order valence-electron chi connectivity index (χ1n) is 9.47. The molecule has 0 saturated heterocycles. The summed E-state index contributed by atoms with van der Waals surface area (Å²) in [5.74, 6) is 7.21. The molecule has 0 aliphatic carbocycles. The first-order chi connectivity index (χ1) is 13.3. The molecule has 0 aliphatic heterocycles. The Kier molecular flexibility index (Phi) is 8.69. The number of rotatable bonds is 9. The molecule has 2 aromatic rings. The molecule has 1 aromatic heterocycles. The number of hydrogen-bond donors (Lipinski definition) is 3. The van der Waals surface area contributed by atoms with Crippen molar-refractivity contribution in [2.24, 2.45) is 5.73 Å². The van der Waals surface area contributed by atoms with Crippen LogP contribution in [0.2, 0.25) is 0 Å². The van der Waals surface area contributed by atoms with Gasteiger partial charge in [0.15, 0.2) is 0 Å². The zero-order valence-electron chi connectivity index (χ0n) is 15.9. The van der Waals surface area contributed by atoms with E-state index in [4.69, 9.17) is 11.0 Å². The zero-order valence-corrected chi connectivity index (χ0v) is 15.9. The number of aromatic nitrogens is 1. The minimum atomic E-state index is 0.635. The number of nitrogens with two attached hydrogens (primary N) is 1. The fourth-order valence-electron chi connectivity index (χ4n) is 2.50. The number of nitriles is 1. The summed E-state index contributed by atoms with van der Waals surface area (Å²) in [6, 6.07) is 11.4. The van der Waals surface area contributed by atoms with Crippen LogP contribution in [0.5, 0.6) is 0 Å². The van der Waals surface area contributed by atoms with E-state index in [-0.39, 0.29) is 0 Å². The fourth-order valence-corrected chi connectivity index (χ4v) is 2.50. The molecule has 2 rings (SSSR count). The molecule has 0 atom stereocenters. The van der Waals surface area contributed by atoms with Gasteiger partial charge in [-0.15, -0.1) is 0 Å². The number of hydrogen-bond acceptors (Lipinski definition) is 5. The maximum absolute atomic E-state index is 8.89. The Morgan fingerprint density at radius 2 is 1.96 bits per heavy atom. The quantitative estimate of drug-likeness (QED) is 0.455. The Hall–Kier alpha value is -3.02. The maximum Gasteiger partial charge on any atom is 0.132 e. The molecule has 1 aromatic carbocycles. The Bertz CT molecular complexity index is 809. The largest absolute Gasteiger partial charge is 0.384 e. The molecule has 0 unspecified atom stereocenters. The second kappa shape index (κ2) is 11.6. The molecule has 0 amide bonds. The van der Waals surface area contributed by atoms with Gasteiger partial charge >= 0.3 is 0 Å². The predicted molar refractivity (Wildman–Crippen MR) is 112 cm³/mol. The fraction of sp³-hybridized carbons (Fsp3) is 0.364. The summed E-state index contributed by atoms with van der Waals surface area (Å²) in [6.45, 7) is 3.76. The molecule has 27 heavy (non-hydrogen) atoms. The number of nitrogens with zero attached hydrogens (tertiary/aromatic N) is 2. The summed E-state index contributed by atoms with van der Waals surface area (Å²) in [6.07, 6.45) is 6.97. The number of anilines is 3. The number of pyridine rings is 1. The molecule has 5 heteroatoms. The summed E-state index contributed by atoms with van der Waals surface area (Å²) in [5.41, 5.74) is 8.93. The molecular weight excluding hydrogens is 334 g/mol. The van der Waals surface area contributed by atoms with E-state index in [2.05, 4.69) is 40.5 Å². The van der Waals surface area contributed by atoms with Crippen LogP contribution < -0.4 is 16.4 Å². The van der Waals surface area contributed by atoms with Crippen LogP contribution in [0, 0.1) is 23.2 Å². The minimum absolute atomic E-state index is 0.635. The zero-order chi connectivity index (χ0) is 19.3. The third-order valence-corrected chi connectivity index (χ3v) is 3.98. The molecule has 0 aliphatic rings. The molecule has 4 N–H and O–H groups in total. The number of benzene rings is 1. The monoisotopic (exact) mass is 361 g/mol. The third kappa shape index (κ3) is 7.01. The Morgan fingerprint density at radius 3 is 2.67 bits per heavy atom. The molecule has 0 bridgehead atoms. The minimum Gasteiger partial charge on any atom is -0.384 e. The van der Waals surface area contributed by atoms with Gasteiger partial charge in [-0.25, -0.2) is 4.98 Å². The Balaban J connectivity index is 2.09. The van der Waals surface area contributed by atoms with Crippen molar-refractivity contribution < 1.29 is 0 Å². The van der Waals surface area contributed by atoms with Gasteiger partial charge in [0, 0.05) is 30.9 Å². The van der Waals surface area contributed by atoms with Crippen LogP contribution in [0.15, 0.2) is 36.5 Å². The lowest BCUT2D eigenvalue weighted by atomic mass is 10.1. The molecule has 5 nitrogen and oxygen atoms in total. The van der Waals surface area contributed by atoms with Gasteiger partial charge < -0.3 is 16.4 Å². The SMILES string of the molecule is CCCNc1cc(Nc2ccc(C#N)cc2)ncc1C#CCCCCCN. The predicted octanol–water partition coefficient (Wildman–Crippen LogP) is 4.39. The molecular formula is C22H27N5. The first-order valence-corrected chi connectivity index (χ1v) is 9.47. The molecule has 0 spiro atoms. The van der Waals surface area contributed by atoms with Gasteiger partial charge in [0.2, 0.25) is 0 Å². The van der Waals surface area contributed by atoms with Crippen molar-refractivity contribution in [1.29, 1.82) is 5.26 Å². The van der Waals surface area contributed by atoms with Crippen LogP contribution in [-0.4, -0.2) is 18.1 Å². The average Bonchev–Trinajstić information content (AvgIpc) is 2.70. The van der Waals surface area contributed by atoms with Crippen molar-refractivity contribution in [3.05, 3.63) is 47.7 Å². The molecule has 140 valence electrons. The highest BCUT2D eigenvalue weighted by Crippen LogP contribution is 2.21. The van der Waals surface area contributed by atoms with Gasteiger partial charge in [-0.1, -0.05) is 25.2 Å². The van der Waals surface area contributed by atoms with Crippen molar-refractivity contribution in [1.82, 2.24) is 4.98 Å². The second-order valence-electron chi connectivity index (χ2n) is 6.26. The van der Waals surface area contributed by atoms with E-state index in [1.54, 1.807) is 18.3 Å².